The van der Waals surface area contributed by atoms with Gasteiger partial charge in [-0.1, -0.05) is 152 Å². The lowest BCUT2D eigenvalue weighted by Gasteiger charge is -2.26. The van der Waals surface area contributed by atoms with Gasteiger partial charge in [0.25, 0.3) is 0 Å². The second-order valence-electron chi connectivity index (χ2n) is 15.3. The van der Waals surface area contributed by atoms with Crippen molar-refractivity contribution in [1.29, 1.82) is 0 Å². The van der Waals surface area contributed by atoms with E-state index in [9.17, 15) is 0 Å². The molecule has 0 spiro atoms. The number of anilines is 3. The Bertz CT molecular complexity index is 3530. The van der Waals surface area contributed by atoms with Gasteiger partial charge in [0, 0.05) is 59.0 Å². The number of fused-ring (bicyclic) bond motifs is 10. The molecule has 10 aromatic carbocycles. The Morgan fingerprint density at radius 3 is 1.58 bits per heavy atom. The molecule has 0 saturated heterocycles. The molecule has 0 aliphatic rings. The van der Waals surface area contributed by atoms with Crippen molar-refractivity contribution in [3.63, 3.8) is 0 Å². The Hall–Kier alpha value is -7.46. The van der Waals surface area contributed by atoms with Crippen molar-refractivity contribution in [2.75, 3.05) is 4.90 Å². The summed E-state index contributed by atoms with van der Waals surface area (Å²) in [5.74, 6) is 0. The Morgan fingerprint density at radius 2 is 0.847 bits per heavy atom. The Morgan fingerprint density at radius 1 is 0.322 bits per heavy atom. The van der Waals surface area contributed by atoms with E-state index in [4.69, 9.17) is 4.42 Å². The summed E-state index contributed by atoms with van der Waals surface area (Å²) in [6.07, 6.45) is 0. The number of rotatable bonds is 6. The summed E-state index contributed by atoms with van der Waals surface area (Å²) in [6.45, 7) is 0. The SMILES string of the molecule is c1ccc(-c2ccc(N(c3ccc(-c4ccc5sc6ccc7ccccc7c6c5c4)cc3)c3ccc(-c4cccc5c4oc4c6ccccc6ccc54)cc3)cc2)cc1. The molecule has 12 rings (SSSR count). The van der Waals surface area contributed by atoms with Crippen molar-refractivity contribution < 1.29 is 4.42 Å². The molecular weight excluding hydrogens is 735 g/mol. The zero-order valence-corrected chi connectivity index (χ0v) is 32.8. The highest BCUT2D eigenvalue weighted by Crippen LogP contribution is 2.43. The van der Waals surface area contributed by atoms with Gasteiger partial charge < -0.3 is 9.32 Å². The molecular formula is C56H35NOS. The lowest BCUT2D eigenvalue weighted by Crippen LogP contribution is -2.09. The fourth-order valence-electron chi connectivity index (χ4n) is 8.95. The van der Waals surface area contributed by atoms with Crippen LogP contribution >= 0.6 is 11.3 Å². The number of hydrogen-bond acceptors (Lipinski definition) is 3. The zero-order chi connectivity index (χ0) is 38.9. The lowest BCUT2D eigenvalue weighted by molar-refractivity contribution is 0.674. The highest BCUT2D eigenvalue weighted by Gasteiger charge is 2.17. The molecule has 12 aromatic rings. The maximum absolute atomic E-state index is 6.71. The van der Waals surface area contributed by atoms with E-state index < -0.39 is 0 Å². The molecule has 2 aromatic heterocycles. The summed E-state index contributed by atoms with van der Waals surface area (Å²) in [7, 11) is 0. The standard InChI is InChI=1S/C56H35NOS/c1-2-9-36(10-3-1)37-17-26-43(27-18-37)57(44-28-19-38(20-29-44)42-25-33-52-51(35-42)54-46-13-6-4-11-39(46)24-34-53(54)59-52)45-30-21-41(22-31-45)48-15-8-16-49-50-32-23-40-12-5-7-14-47(40)56(50)58-55(48)49/h1-35H. The van der Waals surface area contributed by atoms with Crippen LogP contribution in [0.15, 0.2) is 217 Å². The van der Waals surface area contributed by atoms with Crippen LogP contribution in [0, 0.1) is 0 Å². The number of benzene rings is 10. The summed E-state index contributed by atoms with van der Waals surface area (Å²) in [6, 6.07) is 76.8. The van der Waals surface area contributed by atoms with Crippen LogP contribution in [0.1, 0.15) is 0 Å². The van der Waals surface area contributed by atoms with Gasteiger partial charge in [0.15, 0.2) is 0 Å². The number of hydrogen-bond donors (Lipinski definition) is 0. The van der Waals surface area contributed by atoms with Crippen LogP contribution in [0.5, 0.6) is 0 Å². The smallest absolute Gasteiger partial charge is 0.143 e. The molecule has 0 atom stereocenters. The van der Waals surface area contributed by atoms with Gasteiger partial charge in [-0.05, 0) is 105 Å². The van der Waals surface area contributed by atoms with E-state index in [1.165, 1.54) is 58.6 Å². The van der Waals surface area contributed by atoms with E-state index in [2.05, 4.69) is 217 Å². The summed E-state index contributed by atoms with van der Waals surface area (Å²) in [5.41, 5.74) is 12.1. The number of para-hydroxylation sites is 1. The third-order valence-electron chi connectivity index (χ3n) is 11.9. The quantitative estimate of drug-likeness (QED) is 0.167. The molecule has 59 heavy (non-hydrogen) atoms. The second-order valence-corrected chi connectivity index (χ2v) is 16.3. The van der Waals surface area contributed by atoms with Gasteiger partial charge in [0.2, 0.25) is 0 Å². The lowest BCUT2D eigenvalue weighted by atomic mass is 9.99. The van der Waals surface area contributed by atoms with Gasteiger partial charge in [-0.2, -0.15) is 0 Å². The molecule has 0 unspecified atom stereocenters. The summed E-state index contributed by atoms with van der Waals surface area (Å²) in [5, 5.41) is 9.84. The molecule has 2 nitrogen and oxygen atoms in total. The zero-order valence-electron chi connectivity index (χ0n) is 32.0. The maximum atomic E-state index is 6.71. The number of furan rings is 1. The van der Waals surface area contributed by atoms with Gasteiger partial charge in [0.05, 0.1) is 0 Å². The molecule has 0 N–H and O–H groups in total. The maximum Gasteiger partial charge on any atom is 0.143 e. The van der Waals surface area contributed by atoms with Crippen LogP contribution in [-0.4, -0.2) is 0 Å². The molecule has 0 aliphatic carbocycles. The minimum absolute atomic E-state index is 0.914. The van der Waals surface area contributed by atoms with Crippen molar-refractivity contribution in [3.05, 3.63) is 212 Å². The molecule has 0 fully saturated rings. The highest BCUT2D eigenvalue weighted by molar-refractivity contribution is 7.26. The van der Waals surface area contributed by atoms with Gasteiger partial charge >= 0.3 is 0 Å². The second kappa shape index (κ2) is 13.6. The molecule has 0 amide bonds. The van der Waals surface area contributed by atoms with Gasteiger partial charge in [0.1, 0.15) is 11.2 Å². The van der Waals surface area contributed by atoms with Crippen LogP contribution < -0.4 is 4.90 Å². The van der Waals surface area contributed by atoms with E-state index >= 15 is 0 Å². The topological polar surface area (TPSA) is 16.4 Å². The van der Waals surface area contributed by atoms with Crippen molar-refractivity contribution in [2.45, 2.75) is 0 Å². The van der Waals surface area contributed by atoms with Crippen LogP contribution in [0.2, 0.25) is 0 Å². The van der Waals surface area contributed by atoms with Crippen LogP contribution in [0.4, 0.5) is 17.1 Å². The Labute approximate surface area is 345 Å². The molecule has 0 bridgehead atoms. The Kier molecular flexibility index (Phi) is 7.75. The normalized spacial score (nSPS) is 11.7. The van der Waals surface area contributed by atoms with E-state index in [1.54, 1.807) is 0 Å². The average molecular weight is 770 g/mol. The Balaban J connectivity index is 0.940. The van der Waals surface area contributed by atoms with Crippen LogP contribution in [0.3, 0.4) is 0 Å². The molecule has 3 heteroatoms. The van der Waals surface area contributed by atoms with Crippen molar-refractivity contribution >= 4 is 92.1 Å². The van der Waals surface area contributed by atoms with Crippen LogP contribution in [0.25, 0.3) is 97.0 Å². The molecule has 2 heterocycles. The first-order valence-electron chi connectivity index (χ1n) is 20.1. The van der Waals surface area contributed by atoms with E-state index in [-0.39, 0.29) is 0 Å². The number of nitrogens with zero attached hydrogens (tertiary/aromatic N) is 1. The van der Waals surface area contributed by atoms with Gasteiger partial charge in [-0.25, -0.2) is 0 Å². The van der Waals surface area contributed by atoms with Crippen LogP contribution in [-0.2, 0) is 0 Å². The minimum atomic E-state index is 0.914. The average Bonchev–Trinajstić information content (AvgIpc) is 3.89. The number of thiophene rings is 1. The van der Waals surface area contributed by atoms with Crippen molar-refractivity contribution in [1.82, 2.24) is 0 Å². The summed E-state index contributed by atoms with van der Waals surface area (Å²) < 4.78 is 9.35. The molecule has 0 aliphatic heterocycles. The third-order valence-corrected chi connectivity index (χ3v) is 13.0. The highest BCUT2D eigenvalue weighted by atomic mass is 32.1. The molecule has 276 valence electrons. The largest absolute Gasteiger partial charge is 0.455 e. The first-order valence-corrected chi connectivity index (χ1v) is 20.9. The molecule has 0 saturated carbocycles. The monoisotopic (exact) mass is 769 g/mol. The van der Waals surface area contributed by atoms with E-state index in [0.29, 0.717) is 0 Å². The van der Waals surface area contributed by atoms with Gasteiger partial charge in [-0.15, -0.1) is 11.3 Å². The molecule has 0 radical (unpaired) electrons. The first-order chi connectivity index (χ1) is 29.2. The van der Waals surface area contributed by atoms with E-state index in [1.807, 2.05) is 11.3 Å². The third kappa shape index (κ3) is 5.62. The first kappa shape index (κ1) is 33.7. The fourth-order valence-corrected chi connectivity index (χ4v) is 10.1. The predicted octanol–water partition coefficient (Wildman–Crippen LogP) is 16.7. The van der Waals surface area contributed by atoms with Gasteiger partial charge in [-0.3, -0.25) is 0 Å². The summed E-state index contributed by atoms with van der Waals surface area (Å²) in [4.78, 5) is 2.35. The predicted molar refractivity (Wildman–Crippen MR) is 253 cm³/mol. The van der Waals surface area contributed by atoms with Crippen molar-refractivity contribution in [2.24, 2.45) is 0 Å². The summed E-state index contributed by atoms with van der Waals surface area (Å²) >= 11 is 1.87. The minimum Gasteiger partial charge on any atom is -0.455 e. The van der Waals surface area contributed by atoms with Crippen molar-refractivity contribution in [3.8, 4) is 33.4 Å². The fraction of sp³-hybridized carbons (Fsp3) is 0. The van der Waals surface area contributed by atoms with E-state index in [0.717, 1.165) is 55.5 Å².